The van der Waals surface area contributed by atoms with Crippen molar-refractivity contribution in [1.82, 2.24) is 0 Å². The van der Waals surface area contributed by atoms with Gasteiger partial charge in [-0.25, -0.2) is 4.79 Å². The lowest BCUT2D eigenvalue weighted by atomic mass is 9.89. The summed E-state index contributed by atoms with van der Waals surface area (Å²) in [5, 5.41) is 0. The van der Waals surface area contributed by atoms with Crippen molar-refractivity contribution in [2.24, 2.45) is 5.73 Å². The van der Waals surface area contributed by atoms with Gasteiger partial charge in [-0.2, -0.15) is 0 Å². The molecule has 19 heavy (non-hydrogen) atoms. The van der Waals surface area contributed by atoms with Crippen molar-refractivity contribution in [3.05, 3.63) is 29.3 Å². The van der Waals surface area contributed by atoms with Gasteiger partial charge in [-0.3, -0.25) is 0 Å². The van der Waals surface area contributed by atoms with E-state index in [-0.39, 0.29) is 0 Å². The summed E-state index contributed by atoms with van der Waals surface area (Å²) in [4.78, 5) is 12.0. The Bertz CT molecular complexity index is 453. The number of methoxy groups -OCH3 is 1. The van der Waals surface area contributed by atoms with E-state index in [9.17, 15) is 4.79 Å². The van der Waals surface area contributed by atoms with Crippen molar-refractivity contribution in [2.75, 3.05) is 13.7 Å². The molecular formula is C15H23NO3. The van der Waals surface area contributed by atoms with E-state index in [1.165, 1.54) is 0 Å². The van der Waals surface area contributed by atoms with Crippen LogP contribution in [0.1, 0.15) is 44.7 Å². The number of hydrogen-bond donors (Lipinski definition) is 1. The quantitative estimate of drug-likeness (QED) is 0.831. The zero-order chi connectivity index (χ0) is 14.6. The van der Waals surface area contributed by atoms with Gasteiger partial charge in [0.1, 0.15) is 11.3 Å². The van der Waals surface area contributed by atoms with E-state index >= 15 is 0 Å². The minimum absolute atomic E-state index is 0.303. The van der Waals surface area contributed by atoms with Crippen LogP contribution in [0, 0.1) is 0 Å². The Morgan fingerprint density at radius 2 is 2.05 bits per heavy atom. The molecule has 106 valence electrons. The maximum Gasteiger partial charge on any atom is 0.330 e. The molecule has 0 aliphatic carbocycles. The highest BCUT2D eigenvalue weighted by atomic mass is 16.5. The van der Waals surface area contributed by atoms with Crippen LogP contribution in [-0.2, 0) is 15.1 Å². The topological polar surface area (TPSA) is 61.5 Å². The number of nitrogens with two attached hydrogens (primary N) is 1. The monoisotopic (exact) mass is 265 g/mol. The average molecular weight is 265 g/mol. The van der Waals surface area contributed by atoms with Gasteiger partial charge in [0.25, 0.3) is 0 Å². The minimum atomic E-state index is -1.22. The van der Waals surface area contributed by atoms with Crippen LogP contribution < -0.4 is 10.5 Å². The maximum atomic E-state index is 12.0. The Hall–Kier alpha value is -1.55. The highest BCUT2D eigenvalue weighted by Crippen LogP contribution is 2.32. The van der Waals surface area contributed by atoms with Gasteiger partial charge in [-0.1, -0.05) is 19.9 Å². The first kappa shape index (κ1) is 15.5. The molecule has 0 amide bonds. The summed E-state index contributed by atoms with van der Waals surface area (Å²) in [6.07, 6.45) is 0. The van der Waals surface area contributed by atoms with E-state index in [0.29, 0.717) is 23.8 Å². The molecule has 0 heterocycles. The Morgan fingerprint density at radius 3 is 2.53 bits per heavy atom. The van der Waals surface area contributed by atoms with E-state index in [0.717, 1.165) is 5.56 Å². The van der Waals surface area contributed by atoms with Gasteiger partial charge in [0.15, 0.2) is 0 Å². The van der Waals surface area contributed by atoms with Gasteiger partial charge < -0.3 is 15.2 Å². The number of benzene rings is 1. The van der Waals surface area contributed by atoms with E-state index in [4.69, 9.17) is 15.2 Å². The second-order valence-corrected chi connectivity index (χ2v) is 5.04. The van der Waals surface area contributed by atoms with Crippen molar-refractivity contribution < 1.29 is 14.3 Å². The molecular weight excluding hydrogens is 242 g/mol. The largest absolute Gasteiger partial charge is 0.496 e. The molecule has 1 rings (SSSR count). The van der Waals surface area contributed by atoms with Gasteiger partial charge >= 0.3 is 5.97 Å². The third-order valence-electron chi connectivity index (χ3n) is 3.15. The minimum Gasteiger partial charge on any atom is -0.496 e. The smallest absolute Gasteiger partial charge is 0.330 e. The first-order valence-corrected chi connectivity index (χ1v) is 6.49. The molecule has 0 bridgehead atoms. The maximum absolute atomic E-state index is 12.0. The molecule has 0 radical (unpaired) electrons. The zero-order valence-electron chi connectivity index (χ0n) is 12.3. The Balaban J connectivity index is 3.29. The normalized spacial score (nSPS) is 14.1. The van der Waals surface area contributed by atoms with Crippen LogP contribution in [-0.4, -0.2) is 19.7 Å². The number of hydrogen-bond acceptors (Lipinski definition) is 4. The third kappa shape index (κ3) is 3.26. The highest BCUT2D eigenvalue weighted by Gasteiger charge is 2.35. The predicted molar refractivity (Wildman–Crippen MR) is 75.3 cm³/mol. The molecule has 1 unspecified atom stereocenters. The van der Waals surface area contributed by atoms with Crippen molar-refractivity contribution in [3.63, 3.8) is 0 Å². The summed E-state index contributed by atoms with van der Waals surface area (Å²) in [6.45, 7) is 7.88. The van der Waals surface area contributed by atoms with E-state index < -0.39 is 11.5 Å². The molecule has 0 aliphatic rings. The van der Waals surface area contributed by atoms with Gasteiger partial charge in [-0.05, 0) is 37.5 Å². The summed E-state index contributed by atoms with van der Waals surface area (Å²) in [6, 6.07) is 5.74. The Morgan fingerprint density at radius 1 is 1.42 bits per heavy atom. The molecule has 1 aromatic rings. The molecule has 4 heteroatoms. The van der Waals surface area contributed by atoms with Gasteiger partial charge in [0, 0.05) is 5.56 Å². The van der Waals surface area contributed by atoms with E-state index in [1.54, 1.807) is 21.0 Å². The molecule has 1 atom stereocenters. The fourth-order valence-electron chi connectivity index (χ4n) is 1.88. The summed E-state index contributed by atoms with van der Waals surface area (Å²) in [7, 11) is 1.56. The highest BCUT2D eigenvalue weighted by molar-refractivity contribution is 5.83. The van der Waals surface area contributed by atoms with Crippen LogP contribution >= 0.6 is 0 Å². The molecule has 0 fully saturated rings. The van der Waals surface area contributed by atoms with Crippen LogP contribution in [0.2, 0.25) is 0 Å². The Kier molecular flexibility index (Phi) is 4.95. The van der Waals surface area contributed by atoms with E-state index in [2.05, 4.69) is 13.8 Å². The lowest BCUT2D eigenvalue weighted by Gasteiger charge is -2.25. The summed E-state index contributed by atoms with van der Waals surface area (Å²) in [5.41, 5.74) is 6.70. The molecule has 0 saturated heterocycles. The van der Waals surface area contributed by atoms with Crippen LogP contribution in [0.5, 0.6) is 5.75 Å². The van der Waals surface area contributed by atoms with Crippen molar-refractivity contribution in [3.8, 4) is 5.75 Å². The first-order valence-electron chi connectivity index (χ1n) is 6.49. The zero-order valence-corrected chi connectivity index (χ0v) is 12.3. The number of ether oxygens (including phenoxy) is 2. The van der Waals surface area contributed by atoms with Crippen molar-refractivity contribution >= 4 is 5.97 Å². The lowest BCUT2D eigenvalue weighted by molar-refractivity contribution is -0.149. The molecule has 2 N–H and O–H groups in total. The van der Waals surface area contributed by atoms with Crippen molar-refractivity contribution in [1.29, 1.82) is 0 Å². The fourth-order valence-corrected chi connectivity index (χ4v) is 1.88. The summed E-state index contributed by atoms with van der Waals surface area (Å²) >= 11 is 0. The number of rotatable bonds is 5. The van der Waals surface area contributed by atoms with Crippen molar-refractivity contribution in [2.45, 2.75) is 39.2 Å². The van der Waals surface area contributed by atoms with Crippen LogP contribution in [0.3, 0.4) is 0 Å². The lowest BCUT2D eigenvalue weighted by Crippen LogP contribution is -2.43. The summed E-state index contributed by atoms with van der Waals surface area (Å²) in [5.74, 6) is 0.499. The third-order valence-corrected chi connectivity index (χ3v) is 3.15. The second-order valence-electron chi connectivity index (χ2n) is 5.04. The molecule has 1 aromatic carbocycles. The predicted octanol–water partition coefficient (Wildman–Crippen LogP) is 2.56. The first-order chi connectivity index (χ1) is 8.84. The molecule has 0 saturated carbocycles. The van der Waals surface area contributed by atoms with Crippen LogP contribution in [0.4, 0.5) is 0 Å². The number of carbonyl (C=O) groups excluding carboxylic acids is 1. The molecule has 0 aliphatic heterocycles. The van der Waals surface area contributed by atoms with Gasteiger partial charge in [0.05, 0.1) is 13.7 Å². The second kappa shape index (κ2) is 6.06. The fraction of sp³-hybridized carbons (Fsp3) is 0.533. The SMILES string of the molecule is CCOC(=O)C(C)(N)c1cc(C(C)C)ccc1OC. The molecule has 4 nitrogen and oxygen atoms in total. The summed E-state index contributed by atoms with van der Waals surface area (Å²) < 4.78 is 10.3. The Labute approximate surface area is 114 Å². The van der Waals surface area contributed by atoms with Crippen LogP contribution in [0.15, 0.2) is 18.2 Å². The van der Waals surface area contributed by atoms with E-state index in [1.807, 2.05) is 18.2 Å². The number of esters is 1. The average Bonchev–Trinajstić information content (AvgIpc) is 2.38. The molecule has 0 aromatic heterocycles. The molecule has 0 spiro atoms. The number of carbonyl (C=O) groups is 1. The van der Waals surface area contributed by atoms with Gasteiger partial charge in [-0.15, -0.1) is 0 Å². The van der Waals surface area contributed by atoms with Gasteiger partial charge in [0.2, 0.25) is 0 Å². The standard InChI is InChI=1S/C15H23NO3/c1-6-19-14(17)15(4,16)12-9-11(10(2)3)7-8-13(12)18-5/h7-10H,6,16H2,1-5H3. The van der Waals surface area contributed by atoms with Crippen LogP contribution in [0.25, 0.3) is 0 Å².